The van der Waals surface area contributed by atoms with Gasteiger partial charge in [0.25, 0.3) is 0 Å². The molecule has 2 aromatic heterocycles. The van der Waals surface area contributed by atoms with E-state index in [4.69, 9.17) is 9.40 Å². The Morgan fingerprint density at radius 2 is 2.20 bits per heavy atom. The lowest BCUT2D eigenvalue weighted by Gasteiger charge is -2.36. The molecule has 20 heavy (non-hydrogen) atoms. The van der Waals surface area contributed by atoms with Gasteiger partial charge in [-0.1, -0.05) is 13.8 Å². The van der Waals surface area contributed by atoms with Crippen LogP contribution in [0.25, 0.3) is 11.6 Å². The average Bonchev–Trinajstić information content (AvgIpc) is 2.82. The Labute approximate surface area is 127 Å². The van der Waals surface area contributed by atoms with Crippen LogP contribution in [0.3, 0.4) is 0 Å². The molecule has 1 N–H and O–H groups in total. The second-order valence-corrected chi connectivity index (χ2v) is 6.87. The highest BCUT2D eigenvalue weighted by molar-refractivity contribution is 9.10. The van der Waals surface area contributed by atoms with E-state index in [9.17, 15) is 0 Å². The van der Waals surface area contributed by atoms with Gasteiger partial charge < -0.3 is 9.73 Å². The Bertz CT molecular complexity index is 636. The van der Waals surface area contributed by atoms with Crippen LogP contribution in [0.1, 0.15) is 37.6 Å². The van der Waals surface area contributed by atoms with Crippen molar-refractivity contribution in [2.24, 2.45) is 5.41 Å². The maximum absolute atomic E-state index is 5.54. The van der Waals surface area contributed by atoms with E-state index in [2.05, 4.69) is 40.1 Å². The minimum Gasteiger partial charge on any atom is -0.446 e. The molecule has 0 saturated carbocycles. The van der Waals surface area contributed by atoms with Crippen molar-refractivity contribution in [3.63, 3.8) is 0 Å². The molecule has 1 aliphatic rings. The summed E-state index contributed by atoms with van der Waals surface area (Å²) >= 11 is 3.31. The van der Waals surface area contributed by atoms with Crippen molar-refractivity contribution in [2.75, 3.05) is 7.05 Å². The first-order valence-electron chi connectivity index (χ1n) is 6.77. The largest absolute Gasteiger partial charge is 0.446 e. The summed E-state index contributed by atoms with van der Waals surface area (Å²) in [6, 6.07) is 4.07. The van der Waals surface area contributed by atoms with E-state index in [-0.39, 0.29) is 5.41 Å². The predicted octanol–water partition coefficient (Wildman–Crippen LogP) is 3.73. The smallest absolute Gasteiger partial charge is 0.195 e. The average molecular weight is 336 g/mol. The van der Waals surface area contributed by atoms with Crippen LogP contribution in [-0.2, 0) is 6.42 Å². The zero-order chi connectivity index (χ0) is 14.3. The van der Waals surface area contributed by atoms with Gasteiger partial charge in [0.15, 0.2) is 16.3 Å². The lowest BCUT2D eigenvalue weighted by Crippen LogP contribution is -2.32. The number of furan rings is 1. The van der Waals surface area contributed by atoms with Crippen molar-refractivity contribution >= 4 is 15.9 Å². The first kappa shape index (κ1) is 13.8. The van der Waals surface area contributed by atoms with Crippen molar-refractivity contribution in [2.45, 2.75) is 32.7 Å². The molecule has 1 unspecified atom stereocenters. The van der Waals surface area contributed by atoms with Crippen molar-refractivity contribution < 1.29 is 4.42 Å². The quantitative estimate of drug-likeness (QED) is 0.908. The molecule has 3 rings (SSSR count). The number of aromatic nitrogens is 2. The predicted molar refractivity (Wildman–Crippen MR) is 81.3 cm³/mol. The molecule has 106 valence electrons. The third kappa shape index (κ3) is 2.52. The third-order valence-electron chi connectivity index (χ3n) is 3.82. The van der Waals surface area contributed by atoms with Gasteiger partial charge in [0, 0.05) is 23.5 Å². The number of hydrogen-bond donors (Lipinski definition) is 1. The standard InChI is InChI=1S/C15H18BrN3O/c1-15(2)6-10(17-3)9-8-18-14(19-11(9)7-15)12-4-5-13(16)20-12/h4-5,8,10,17H,6-7H2,1-3H3. The monoisotopic (exact) mass is 335 g/mol. The van der Waals surface area contributed by atoms with Crippen LogP contribution in [0.5, 0.6) is 0 Å². The molecule has 1 atom stereocenters. The van der Waals surface area contributed by atoms with E-state index >= 15 is 0 Å². The third-order valence-corrected chi connectivity index (χ3v) is 4.25. The van der Waals surface area contributed by atoms with Crippen LogP contribution in [-0.4, -0.2) is 17.0 Å². The number of hydrogen-bond acceptors (Lipinski definition) is 4. The first-order chi connectivity index (χ1) is 9.48. The maximum atomic E-state index is 5.54. The zero-order valence-electron chi connectivity index (χ0n) is 11.9. The summed E-state index contributed by atoms with van der Waals surface area (Å²) in [6.45, 7) is 4.57. The van der Waals surface area contributed by atoms with Gasteiger partial charge in [-0.05, 0) is 53.4 Å². The molecule has 5 heteroatoms. The summed E-state index contributed by atoms with van der Waals surface area (Å²) in [4.78, 5) is 9.18. The van der Waals surface area contributed by atoms with Gasteiger partial charge in [-0.2, -0.15) is 0 Å². The van der Waals surface area contributed by atoms with Gasteiger partial charge in [-0.15, -0.1) is 0 Å². The van der Waals surface area contributed by atoms with Crippen LogP contribution in [0.15, 0.2) is 27.4 Å². The fourth-order valence-corrected chi connectivity index (χ4v) is 3.16. The Morgan fingerprint density at radius 3 is 2.85 bits per heavy atom. The van der Waals surface area contributed by atoms with Crippen molar-refractivity contribution in [1.29, 1.82) is 0 Å². The number of fused-ring (bicyclic) bond motifs is 1. The fourth-order valence-electron chi connectivity index (χ4n) is 2.86. The highest BCUT2D eigenvalue weighted by Crippen LogP contribution is 2.40. The Balaban J connectivity index is 2.04. The highest BCUT2D eigenvalue weighted by atomic mass is 79.9. The van der Waals surface area contributed by atoms with Crippen molar-refractivity contribution in [3.05, 3.63) is 34.3 Å². The molecule has 0 amide bonds. The van der Waals surface area contributed by atoms with Gasteiger partial charge in [-0.3, -0.25) is 0 Å². The molecular weight excluding hydrogens is 318 g/mol. The fraction of sp³-hybridized carbons (Fsp3) is 0.467. The molecular formula is C15H18BrN3O. The lowest BCUT2D eigenvalue weighted by molar-refractivity contribution is 0.260. The molecule has 4 nitrogen and oxygen atoms in total. The number of nitrogens with one attached hydrogen (secondary N) is 1. The second kappa shape index (κ2) is 4.97. The minimum absolute atomic E-state index is 0.246. The van der Waals surface area contributed by atoms with Crippen molar-refractivity contribution in [3.8, 4) is 11.6 Å². The molecule has 0 aliphatic heterocycles. The Morgan fingerprint density at radius 1 is 1.40 bits per heavy atom. The molecule has 0 bridgehead atoms. The van der Waals surface area contributed by atoms with E-state index in [0.717, 1.165) is 18.5 Å². The molecule has 2 heterocycles. The molecule has 0 aromatic carbocycles. The molecule has 0 radical (unpaired) electrons. The molecule has 0 fully saturated rings. The minimum atomic E-state index is 0.246. The van der Waals surface area contributed by atoms with Crippen LogP contribution in [0, 0.1) is 5.41 Å². The molecule has 0 spiro atoms. The molecule has 0 saturated heterocycles. The second-order valence-electron chi connectivity index (χ2n) is 6.09. The van der Waals surface area contributed by atoms with Crippen LogP contribution >= 0.6 is 15.9 Å². The first-order valence-corrected chi connectivity index (χ1v) is 7.56. The summed E-state index contributed by atoms with van der Waals surface area (Å²) in [6.07, 6.45) is 4.01. The van der Waals surface area contributed by atoms with Crippen LogP contribution in [0.2, 0.25) is 0 Å². The zero-order valence-corrected chi connectivity index (χ0v) is 13.5. The number of halogens is 1. The Kier molecular flexibility index (Phi) is 3.42. The lowest BCUT2D eigenvalue weighted by atomic mass is 9.74. The van der Waals surface area contributed by atoms with Gasteiger partial charge in [0.2, 0.25) is 0 Å². The van der Waals surface area contributed by atoms with Gasteiger partial charge in [-0.25, -0.2) is 9.97 Å². The van der Waals surface area contributed by atoms with Crippen LogP contribution in [0.4, 0.5) is 0 Å². The normalized spacial score (nSPS) is 20.7. The van der Waals surface area contributed by atoms with E-state index in [0.29, 0.717) is 22.3 Å². The summed E-state index contributed by atoms with van der Waals surface area (Å²) < 4.78 is 6.24. The van der Waals surface area contributed by atoms with E-state index in [1.165, 1.54) is 5.56 Å². The van der Waals surface area contributed by atoms with E-state index in [1.807, 2.05) is 25.4 Å². The van der Waals surface area contributed by atoms with Gasteiger partial charge in [0.1, 0.15) is 0 Å². The van der Waals surface area contributed by atoms with Crippen molar-refractivity contribution in [1.82, 2.24) is 15.3 Å². The summed E-state index contributed by atoms with van der Waals surface area (Å²) in [5.74, 6) is 1.35. The van der Waals surface area contributed by atoms with Crippen LogP contribution < -0.4 is 5.32 Å². The SMILES string of the molecule is CNC1CC(C)(C)Cc2nc(-c3ccc(Br)o3)ncc21. The number of nitrogens with zero attached hydrogens (tertiary/aromatic N) is 2. The van der Waals surface area contributed by atoms with Gasteiger partial charge >= 0.3 is 0 Å². The number of rotatable bonds is 2. The van der Waals surface area contributed by atoms with E-state index < -0.39 is 0 Å². The van der Waals surface area contributed by atoms with Gasteiger partial charge in [0.05, 0.1) is 0 Å². The summed E-state index contributed by atoms with van der Waals surface area (Å²) in [7, 11) is 1.99. The Hall–Kier alpha value is -1.20. The topological polar surface area (TPSA) is 51.0 Å². The van der Waals surface area contributed by atoms with E-state index in [1.54, 1.807) is 0 Å². The molecule has 2 aromatic rings. The maximum Gasteiger partial charge on any atom is 0.195 e. The summed E-state index contributed by atoms with van der Waals surface area (Å²) in [5.41, 5.74) is 2.58. The summed E-state index contributed by atoms with van der Waals surface area (Å²) in [5, 5.41) is 3.37. The highest BCUT2D eigenvalue weighted by Gasteiger charge is 2.33. The molecule has 1 aliphatic carbocycles.